The number of hydrogen-bond acceptors (Lipinski definition) is 6. The fourth-order valence-electron chi connectivity index (χ4n) is 5.73. The van der Waals surface area contributed by atoms with Crippen LogP contribution in [-0.4, -0.2) is 76.6 Å². The van der Waals surface area contributed by atoms with Crippen molar-refractivity contribution in [1.82, 2.24) is 20.9 Å². The van der Waals surface area contributed by atoms with Crippen LogP contribution in [0.2, 0.25) is 0 Å². The van der Waals surface area contributed by atoms with E-state index >= 15 is 0 Å². The molecule has 0 bridgehead atoms. The number of hydrogen-bond donors (Lipinski definition) is 4. The van der Waals surface area contributed by atoms with E-state index in [1.807, 2.05) is 75.4 Å². The average molecular weight is 593 g/mol. The average Bonchev–Trinajstić information content (AvgIpc) is 3.66. The molecule has 43 heavy (non-hydrogen) atoms. The second-order valence-electron chi connectivity index (χ2n) is 12.5. The molecule has 3 amide bonds. The number of benzene rings is 2. The maximum absolute atomic E-state index is 13.7. The number of carboxylic acids is 1. The van der Waals surface area contributed by atoms with E-state index in [4.69, 9.17) is 4.74 Å². The van der Waals surface area contributed by atoms with Crippen LogP contribution < -0.4 is 20.7 Å². The van der Waals surface area contributed by atoms with Crippen molar-refractivity contribution in [2.45, 2.75) is 95.5 Å². The van der Waals surface area contributed by atoms with Crippen LogP contribution >= 0.6 is 0 Å². The molecule has 4 atom stereocenters. The molecular weight excluding hydrogens is 548 g/mol. The maximum Gasteiger partial charge on any atom is 0.326 e. The summed E-state index contributed by atoms with van der Waals surface area (Å²) in [5, 5.41) is 18.8. The van der Waals surface area contributed by atoms with Gasteiger partial charge >= 0.3 is 5.97 Å². The molecule has 4 N–H and O–H groups in total. The molecule has 2 aliphatic heterocycles. The third-order valence-corrected chi connectivity index (χ3v) is 7.72. The van der Waals surface area contributed by atoms with Crippen molar-refractivity contribution >= 4 is 23.7 Å². The van der Waals surface area contributed by atoms with E-state index in [1.54, 1.807) is 0 Å². The lowest BCUT2D eigenvalue weighted by atomic mass is 10.0. The lowest BCUT2D eigenvalue weighted by Crippen LogP contribution is -2.54. The minimum Gasteiger partial charge on any atom is -0.488 e. The molecule has 2 aromatic rings. The van der Waals surface area contributed by atoms with Crippen molar-refractivity contribution in [2.24, 2.45) is 0 Å². The van der Waals surface area contributed by atoms with Gasteiger partial charge < -0.3 is 30.7 Å². The highest BCUT2D eigenvalue weighted by Gasteiger charge is 2.38. The predicted molar refractivity (Wildman–Crippen MR) is 163 cm³/mol. The Morgan fingerprint density at radius 1 is 0.953 bits per heavy atom. The van der Waals surface area contributed by atoms with Gasteiger partial charge in [0.1, 0.15) is 23.4 Å². The zero-order chi connectivity index (χ0) is 31.0. The number of aliphatic carboxylic acids is 1. The number of nitrogens with zero attached hydrogens (tertiary/aromatic N) is 1. The summed E-state index contributed by atoms with van der Waals surface area (Å²) >= 11 is 0. The van der Waals surface area contributed by atoms with Crippen molar-refractivity contribution in [2.75, 3.05) is 13.1 Å². The van der Waals surface area contributed by atoms with Crippen molar-refractivity contribution in [3.05, 3.63) is 65.7 Å². The molecule has 1 unspecified atom stereocenters. The van der Waals surface area contributed by atoms with Crippen molar-refractivity contribution in [3.63, 3.8) is 0 Å². The highest BCUT2D eigenvalue weighted by atomic mass is 16.5. The number of ether oxygens (including phenoxy) is 1. The van der Waals surface area contributed by atoms with Gasteiger partial charge in [-0.1, -0.05) is 42.5 Å². The molecule has 2 aliphatic rings. The van der Waals surface area contributed by atoms with Crippen LogP contribution in [0.3, 0.4) is 0 Å². The van der Waals surface area contributed by atoms with Gasteiger partial charge in [-0.2, -0.15) is 0 Å². The molecule has 0 aromatic heterocycles. The maximum atomic E-state index is 13.7. The number of nitrogens with one attached hydrogen (secondary N) is 3. The molecule has 2 fully saturated rings. The van der Waals surface area contributed by atoms with Gasteiger partial charge in [-0.3, -0.25) is 14.4 Å². The summed E-state index contributed by atoms with van der Waals surface area (Å²) < 4.78 is 5.91. The first-order chi connectivity index (χ1) is 20.5. The van der Waals surface area contributed by atoms with Crippen LogP contribution in [0.1, 0.15) is 64.0 Å². The second kappa shape index (κ2) is 14.5. The largest absolute Gasteiger partial charge is 0.488 e. The first-order valence-electron chi connectivity index (χ1n) is 15.2. The number of amides is 3. The number of carbonyl (C=O) groups excluding carboxylic acids is 3. The first kappa shape index (κ1) is 32.0. The Bertz CT molecular complexity index is 1250. The summed E-state index contributed by atoms with van der Waals surface area (Å²) in [6.07, 6.45) is 3.23. The number of carboxylic acid groups (broad SMARTS) is 1. The van der Waals surface area contributed by atoms with E-state index in [1.165, 1.54) is 4.90 Å². The molecule has 0 saturated carbocycles. The molecule has 0 radical (unpaired) electrons. The molecular formula is C33H44N4O6. The molecule has 0 aliphatic carbocycles. The predicted octanol–water partition coefficient (Wildman–Crippen LogP) is 2.84. The zero-order valence-electron chi connectivity index (χ0n) is 25.3. The Balaban J connectivity index is 1.50. The minimum absolute atomic E-state index is 0.0299. The van der Waals surface area contributed by atoms with E-state index < -0.39 is 35.9 Å². The molecule has 10 heteroatoms. The standard InChI is InChI=1S/C33H44N4O6/c1-33(2,3)43-25-15-13-23(14-16-25)20-27(31(40)37-18-8-12-28(37)32(41)42)36-29(38)21-24(19-22-9-5-4-6-10-22)35-30(39)26-11-7-17-34-26/h4-6,9-10,13-16,24,26-28,34H,7-8,11-12,17-21H2,1-3H3,(H,35,39)(H,36,38)(H,41,42)/t24?,26-,27-,28-/m0/s1. The molecule has 2 aromatic carbocycles. The zero-order valence-corrected chi connectivity index (χ0v) is 25.3. The van der Waals surface area contributed by atoms with Gasteiger partial charge in [-0.15, -0.1) is 0 Å². The molecule has 2 heterocycles. The van der Waals surface area contributed by atoms with Gasteiger partial charge in [0.05, 0.1) is 6.04 Å². The van der Waals surface area contributed by atoms with Gasteiger partial charge in [0.2, 0.25) is 17.7 Å². The van der Waals surface area contributed by atoms with Crippen LogP contribution in [0.25, 0.3) is 0 Å². The number of rotatable bonds is 12. The lowest BCUT2D eigenvalue weighted by molar-refractivity contribution is -0.149. The van der Waals surface area contributed by atoms with E-state index in [-0.39, 0.29) is 30.4 Å². The summed E-state index contributed by atoms with van der Waals surface area (Å²) in [7, 11) is 0. The van der Waals surface area contributed by atoms with Crippen LogP contribution in [0.4, 0.5) is 0 Å². The number of carbonyl (C=O) groups is 4. The Kier molecular flexibility index (Phi) is 10.8. The van der Waals surface area contributed by atoms with Gasteiger partial charge in [-0.05, 0) is 82.7 Å². The topological polar surface area (TPSA) is 137 Å². The summed E-state index contributed by atoms with van der Waals surface area (Å²) in [6.45, 7) is 6.97. The molecule has 10 nitrogen and oxygen atoms in total. The fourth-order valence-corrected chi connectivity index (χ4v) is 5.73. The molecule has 4 rings (SSSR count). The van der Waals surface area contributed by atoms with Crippen LogP contribution in [0, 0.1) is 0 Å². The Hall–Kier alpha value is -3.92. The smallest absolute Gasteiger partial charge is 0.326 e. The van der Waals surface area contributed by atoms with Crippen molar-refractivity contribution in [1.29, 1.82) is 0 Å². The third kappa shape index (κ3) is 9.54. The SMILES string of the molecule is CC(C)(C)Oc1ccc(C[C@H](NC(=O)CC(Cc2ccccc2)NC(=O)[C@@H]2CCCN2)C(=O)N2CCC[C@H]2C(=O)O)cc1. The minimum atomic E-state index is -1.05. The second-order valence-corrected chi connectivity index (χ2v) is 12.5. The van der Waals surface area contributed by atoms with Crippen LogP contribution in [0.5, 0.6) is 5.75 Å². The first-order valence-corrected chi connectivity index (χ1v) is 15.2. The van der Waals surface area contributed by atoms with Crippen LogP contribution in [0.15, 0.2) is 54.6 Å². The van der Waals surface area contributed by atoms with E-state index in [2.05, 4.69) is 16.0 Å². The monoisotopic (exact) mass is 592 g/mol. The summed E-state index contributed by atoms with van der Waals surface area (Å²) in [5.74, 6) is -1.32. The summed E-state index contributed by atoms with van der Waals surface area (Å²) in [4.78, 5) is 53.4. The third-order valence-electron chi connectivity index (χ3n) is 7.72. The Labute approximate surface area is 253 Å². The Morgan fingerprint density at radius 2 is 1.65 bits per heavy atom. The molecule has 0 spiro atoms. The normalized spacial score (nSPS) is 19.8. The Morgan fingerprint density at radius 3 is 2.28 bits per heavy atom. The van der Waals surface area contributed by atoms with Crippen LogP contribution in [-0.2, 0) is 32.0 Å². The number of likely N-dealkylation sites (tertiary alicyclic amines) is 1. The van der Waals surface area contributed by atoms with Gasteiger partial charge in [0.15, 0.2) is 0 Å². The highest BCUT2D eigenvalue weighted by Crippen LogP contribution is 2.22. The molecule has 232 valence electrons. The summed E-state index contributed by atoms with van der Waals surface area (Å²) in [6, 6.07) is 14.3. The quantitative estimate of drug-likeness (QED) is 0.298. The van der Waals surface area contributed by atoms with Gasteiger partial charge in [-0.25, -0.2) is 4.79 Å². The lowest BCUT2D eigenvalue weighted by Gasteiger charge is -2.28. The summed E-state index contributed by atoms with van der Waals surface area (Å²) in [5.41, 5.74) is 1.41. The van der Waals surface area contributed by atoms with Crippen molar-refractivity contribution in [3.8, 4) is 5.75 Å². The van der Waals surface area contributed by atoms with E-state index in [0.717, 1.165) is 30.5 Å². The highest BCUT2D eigenvalue weighted by molar-refractivity contribution is 5.91. The van der Waals surface area contributed by atoms with Crippen molar-refractivity contribution < 1.29 is 29.0 Å². The van der Waals surface area contributed by atoms with E-state index in [0.29, 0.717) is 31.6 Å². The molecule has 2 saturated heterocycles. The van der Waals surface area contributed by atoms with Gasteiger partial charge in [0, 0.05) is 25.4 Å². The van der Waals surface area contributed by atoms with Gasteiger partial charge in [0.25, 0.3) is 0 Å². The van der Waals surface area contributed by atoms with E-state index in [9.17, 15) is 24.3 Å². The fraction of sp³-hybridized carbons (Fsp3) is 0.515.